The minimum atomic E-state index is -1.17. The molecule has 1 saturated heterocycles. The van der Waals surface area contributed by atoms with Gasteiger partial charge in [-0.3, -0.25) is 4.79 Å². The third-order valence-corrected chi connectivity index (χ3v) is 2.01. The Labute approximate surface area is 63.5 Å². The minimum Gasteiger partial charge on any atom is -0.353 e. The molecule has 0 unspecified atom stereocenters. The molecule has 0 aromatic heterocycles. The van der Waals surface area contributed by atoms with Gasteiger partial charge in [0.2, 0.25) is 0 Å². The molecule has 0 saturated carbocycles. The lowest BCUT2D eigenvalue weighted by Gasteiger charge is -2.23. The van der Waals surface area contributed by atoms with Gasteiger partial charge in [-0.2, -0.15) is 0 Å². The van der Waals surface area contributed by atoms with Crippen LogP contribution in [0.3, 0.4) is 0 Å². The molecule has 1 fully saturated rings. The first-order chi connectivity index (χ1) is 4.13. The molecule has 1 heterocycles. The Morgan fingerprint density at radius 1 is 1.56 bits per heavy atom. The van der Waals surface area contributed by atoms with Crippen molar-refractivity contribution in [3.05, 3.63) is 0 Å². The molecule has 0 aromatic rings. The molecule has 0 bridgehead atoms. The Morgan fingerprint density at radius 2 is 2.22 bits per heavy atom. The summed E-state index contributed by atoms with van der Waals surface area (Å²) in [5, 5.41) is 2.57. The van der Waals surface area contributed by atoms with Crippen molar-refractivity contribution in [3.63, 3.8) is 0 Å². The molecule has 0 aromatic carbocycles. The standard InChI is InChI=1S/C5H7Cl2NO/c6-5(7)2-1-3-8-4(5)9/h1-3H2,(H,8,9). The monoisotopic (exact) mass is 167 g/mol. The SMILES string of the molecule is O=C1NCCCC1(Cl)Cl. The Kier molecular flexibility index (Phi) is 1.87. The number of carbonyl (C=O) groups is 1. The number of nitrogens with one attached hydrogen (secondary N) is 1. The maximum Gasteiger partial charge on any atom is 0.256 e. The maximum atomic E-state index is 10.7. The lowest BCUT2D eigenvalue weighted by atomic mass is 10.1. The van der Waals surface area contributed by atoms with Crippen LogP contribution >= 0.6 is 23.2 Å². The Balaban J connectivity index is 2.60. The van der Waals surface area contributed by atoms with Crippen LogP contribution < -0.4 is 5.32 Å². The van der Waals surface area contributed by atoms with Crippen molar-refractivity contribution in [3.8, 4) is 0 Å². The van der Waals surface area contributed by atoms with E-state index >= 15 is 0 Å². The third kappa shape index (κ3) is 1.49. The van der Waals surface area contributed by atoms with Crippen molar-refractivity contribution in [2.75, 3.05) is 6.54 Å². The zero-order chi connectivity index (χ0) is 6.91. The quantitative estimate of drug-likeness (QED) is 0.538. The van der Waals surface area contributed by atoms with Crippen molar-refractivity contribution in [1.29, 1.82) is 0 Å². The predicted molar refractivity (Wildman–Crippen MR) is 36.7 cm³/mol. The molecule has 1 amide bonds. The van der Waals surface area contributed by atoms with E-state index in [4.69, 9.17) is 23.2 Å². The van der Waals surface area contributed by atoms with E-state index in [9.17, 15) is 4.79 Å². The van der Waals surface area contributed by atoms with Crippen LogP contribution in [0.5, 0.6) is 0 Å². The fourth-order valence-electron chi connectivity index (χ4n) is 0.755. The molecule has 1 rings (SSSR count). The molecule has 1 N–H and O–H groups in total. The summed E-state index contributed by atoms with van der Waals surface area (Å²) >= 11 is 11.2. The van der Waals surface area contributed by atoms with E-state index in [0.29, 0.717) is 13.0 Å². The van der Waals surface area contributed by atoms with Crippen molar-refractivity contribution >= 4 is 29.1 Å². The van der Waals surface area contributed by atoms with E-state index in [0.717, 1.165) is 6.42 Å². The van der Waals surface area contributed by atoms with Gasteiger partial charge in [0.1, 0.15) is 0 Å². The lowest BCUT2D eigenvalue weighted by molar-refractivity contribution is -0.122. The van der Waals surface area contributed by atoms with E-state index < -0.39 is 4.33 Å². The molecular weight excluding hydrogens is 161 g/mol. The van der Waals surface area contributed by atoms with Crippen molar-refractivity contribution in [2.24, 2.45) is 0 Å². The summed E-state index contributed by atoms with van der Waals surface area (Å²) in [4.78, 5) is 10.7. The minimum absolute atomic E-state index is 0.267. The third-order valence-electron chi connectivity index (χ3n) is 1.29. The second-order valence-electron chi connectivity index (χ2n) is 2.06. The second kappa shape index (κ2) is 2.35. The number of alkyl halides is 2. The summed E-state index contributed by atoms with van der Waals surface area (Å²) in [5.41, 5.74) is 0. The van der Waals surface area contributed by atoms with Gasteiger partial charge < -0.3 is 5.32 Å². The van der Waals surface area contributed by atoms with Crippen molar-refractivity contribution in [2.45, 2.75) is 17.2 Å². The molecule has 0 radical (unpaired) electrons. The Hall–Kier alpha value is 0.0500. The molecule has 2 nitrogen and oxygen atoms in total. The van der Waals surface area contributed by atoms with Crippen LogP contribution in [-0.2, 0) is 4.79 Å². The number of halogens is 2. The van der Waals surface area contributed by atoms with Crippen molar-refractivity contribution < 1.29 is 4.79 Å². The van der Waals surface area contributed by atoms with Crippen molar-refractivity contribution in [1.82, 2.24) is 5.32 Å². The van der Waals surface area contributed by atoms with Gasteiger partial charge in [-0.25, -0.2) is 0 Å². The molecular formula is C5H7Cl2NO. The van der Waals surface area contributed by atoms with Gasteiger partial charge in [0, 0.05) is 6.54 Å². The Bertz CT molecular complexity index is 135. The number of piperidine rings is 1. The van der Waals surface area contributed by atoms with E-state index in [1.807, 2.05) is 0 Å². The second-order valence-corrected chi connectivity index (χ2v) is 3.55. The molecule has 1 aliphatic heterocycles. The number of rotatable bonds is 0. The highest BCUT2D eigenvalue weighted by molar-refractivity contribution is 6.58. The highest BCUT2D eigenvalue weighted by atomic mass is 35.5. The fraction of sp³-hybridized carbons (Fsp3) is 0.800. The van der Waals surface area contributed by atoms with Crippen LogP contribution in [0, 0.1) is 0 Å². The maximum absolute atomic E-state index is 10.7. The van der Waals surface area contributed by atoms with E-state index in [1.165, 1.54) is 0 Å². The topological polar surface area (TPSA) is 29.1 Å². The first-order valence-electron chi connectivity index (χ1n) is 2.79. The normalized spacial score (nSPS) is 25.3. The number of hydrogen-bond acceptors (Lipinski definition) is 1. The van der Waals surface area contributed by atoms with Gasteiger partial charge >= 0.3 is 0 Å². The van der Waals surface area contributed by atoms with Crippen LogP contribution in [0.4, 0.5) is 0 Å². The molecule has 52 valence electrons. The summed E-state index contributed by atoms with van der Waals surface area (Å²) in [7, 11) is 0. The van der Waals surface area contributed by atoms with Gasteiger partial charge in [-0.1, -0.05) is 23.2 Å². The van der Waals surface area contributed by atoms with Gasteiger partial charge in [-0.15, -0.1) is 0 Å². The van der Waals surface area contributed by atoms with Crippen LogP contribution in [0.15, 0.2) is 0 Å². The van der Waals surface area contributed by atoms with Crippen LogP contribution in [0.1, 0.15) is 12.8 Å². The number of hydrogen-bond donors (Lipinski definition) is 1. The molecule has 9 heavy (non-hydrogen) atoms. The first kappa shape index (κ1) is 7.16. The van der Waals surface area contributed by atoms with Gasteiger partial charge in [0.25, 0.3) is 5.91 Å². The number of amides is 1. The van der Waals surface area contributed by atoms with Crippen LogP contribution in [0.25, 0.3) is 0 Å². The van der Waals surface area contributed by atoms with E-state index in [1.54, 1.807) is 0 Å². The van der Waals surface area contributed by atoms with Crippen LogP contribution in [0.2, 0.25) is 0 Å². The van der Waals surface area contributed by atoms with Gasteiger partial charge in [0.15, 0.2) is 4.33 Å². The summed E-state index contributed by atoms with van der Waals surface area (Å²) in [6, 6.07) is 0. The first-order valence-corrected chi connectivity index (χ1v) is 3.55. The molecule has 0 spiro atoms. The van der Waals surface area contributed by atoms with E-state index in [-0.39, 0.29) is 5.91 Å². The Morgan fingerprint density at radius 3 is 2.56 bits per heavy atom. The summed E-state index contributed by atoms with van der Waals surface area (Å²) in [6.45, 7) is 0.694. The highest BCUT2D eigenvalue weighted by Crippen LogP contribution is 2.28. The molecule has 0 atom stereocenters. The highest BCUT2D eigenvalue weighted by Gasteiger charge is 2.35. The zero-order valence-corrected chi connectivity index (χ0v) is 6.30. The predicted octanol–water partition coefficient (Wildman–Crippen LogP) is 1.07. The fourth-order valence-corrected chi connectivity index (χ4v) is 1.16. The number of carbonyl (C=O) groups excluding carboxylic acids is 1. The zero-order valence-electron chi connectivity index (χ0n) is 4.79. The van der Waals surface area contributed by atoms with Gasteiger partial charge in [-0.05, 0) is 12.8 Å². The smallest absolute Gasteiger partial charge is 0.256 e. The average Bonchev–Trinajstić information content (AvgIpc) is 1.77. The molecule has 4 heteroatoms. The largest absolute Gasteiger partial charge is 0.353 e. The summed E-state index contributed by atoms with van der Waals surface area (Å²) in [5.74, 6) is -0.267. The lowest BCUT2D eigenvalue weighted by Crippen LogP contribution is -2.43. The average molecular weight is 168 g/mol. The van der Waals surface area contributed by atoms with E-state index in [2.05, 4.69) is 5.32 Å². The summed E-state index contributed by atoms with van der Waals surface area (Å²) < 4.78 is -1.17. The molecule has 1 aliphatic rings. The van der Waals surface area contributed by atoms with Crippen LogP contribution in [-0.4, -0.2) is 16.8 Å². The molecule has 0 aliphatic carbocycles. The van der Waals surface area contributed by atoms with Gasteiger partial charge in [0.05, 0.1) is 0 Å². The summed E-state index contributed by atoms with van der Waals surface area (Å²) in [6.07, 6.45) is 1.42.